The van der Waals surface area contributed by atoms with E-state index in [1.165, 1.54) is 0 Å². The molecule has 0 radical (unpaired) electrons. The zero-order valence-corrected chi connectivity index (χ0v) is 10.4. The van der Waals surface area contributed by atoms with Gasteiger partial charge < -0.3 is 15.2 Å². The summed E-state index contributed by atoms with van der Waals surface area (Å²) < 4.78 is 57.4. The van der Waals surface area contributed by atoms with Crippen LogP contribution in [0.1, 0.15) is 23.3 Å². The SMILES string of the molecule is [2H]C([2H])([2H])C([2H])(NC[C@@H](O)COc1cccc2ccccc12)C([2H])([2H])[2H]. The molecule has 0 heterocycles. The molecule has 0 aromatic heterocycles. The second kappa shape index (κ2) is 6.55. The Morgan fingerprint density at radius 3 is 2.89 bits per heavy atom. The highest BCUT2D eigenvalue weighted by Gasteiger charge is 2.07. The molecule has 0 amide bonds. The van der Waals surface area contributed by atoms with Gasteiger partial charge in [0.1, 0.15) is 18.5 Å². The normalized spacial score (nSPS) is 20.2. The smallest absolute Gasteiger partial charge is 0.127 e. The van der Waals surface area contributed by atoms with Crippen LogP contribution in [-0.4, -0.2) is 30.4 Å². The van der Waals surface area contributed by atoms with Crippen molar-refractivity contribution in [3.05, 3.63) is 42.5 Å². The Hall–Kier alpha value is -1.58. The van der Waals surface area contributed by atoms with E-state index in [4.69, 9.17) is 14.3 Å². The van der Waals surface area contributed by atoms with E-state index < -0.39 is 32.4 Å². The molecule has 2 aromatic rings. The molecule has 2 aromatic carbocycles. The van der Waals surface area contributed by atoms with E-state index in [2.05, 4.69) is 5.32 Å². The fraction of sp³-hybridized carbons (Fsp3) is 0.375. The van der Waals surface area contributed by atoms with Crippen molar-refractivity contribution in [2.45, 2.75) is 25.8 Å². The average molecular weight is 266 g/mol. The Balaban J connectivity index is 2.01. The van der Waals surface area contributed by atoms with Crippen molar-refractivity contribution in [1.29, 1.82) is 0 Å². The van der Waals surface area contributed by atoms with Crippen molar-refractivity contribution in [3.8, 4) is 5.75 Å². The fourth-order valence-corrected chi connectivity index (χ4v) is 1.79. The minimum atomic E-state index is -3.09. The van der Waals surface area contributed by atoms with Gasteiger partial charge in [-0.3, -0.25) is 0 Å². The van der Waals surface area contributed by atoms with Gasteiger partial charge in [-0.25, -0.2) is 0 Å². The molecular weight excluding hydrogens is 238 g/mol. The number of ether oxygens (including phenoxy) is 1. The molecule has 0 fully saturated rings. The van der Waals surface area contributed by atoms with Crippen LogP contribution in [0, 0.1) is 0 Å². The first-order valence-electron chi connectivity index (χ1n) is 9.49. The lowest BCUT2D eigenvalue weighted by molar-refractivity contribution is 0.105. The summed E-state index contributed by atoms with van der Waals surface area (Å²) in [5.74, 6) is 0.547. The van der Waals surface area contributed by atoms with E-state index in [0.717, 1.165) is 10.8 Å². The first-order valence-corrected chi connectivity index (χ1v) is 5.99. The zero-order valence-electron chi connectivity index (χ0n) is 17.4. The van der Waals surface area contributed by atoms with Crippen LogP contribution in [0.25, 0.3) is 10.8 Å². The second-order valence-corrected chi connectivity index (χ2v) is 4.20. The van der Waals surface area contributed by atoms with Gasteiger partial charge >= 0.3 is 0 Å². The lowest BCUT2D eigenvalue weighted by atomic mass is 10.1. The molecule has 2 N–H and O–H groups in total. The van der Waals surface area contributed by atoms with Gasteiger partial charge in [0.2, 0.25) is 0 Å². The van der Waals surface area contributed by atoms with Gasteiger partial charge in [-0.15, -0.1) is 0 Å². The van der Waals surface area contributed by atoms with Gasteiger partial charge in [-0.2, -0.15) is 0 Å². The van der Waals surface area contributed by atoms with Gasteiger partial charge in [0.25, 0.3) is 0 Å². The molecule has 102 valence electrons. The van der Waals surface area contributed by atoms with Crippen molar-refractivity contribution in [2.75, 3.05) is 13.2 Å². The minimum Gasteiger partial charge on any atom is -0.490 e. The molecule has 0 unspecified atom stereocenters. The number of rotatable bonds is 6. The van der Waals surface area contributed by atoms with E-state index in [1.807, 2.05) is 30.3 Å². The summed E-state index contributed by atoms with van der Waals surface area (Å²) >= 11 is 0. The topological polar surface area (TPSA) is 41.5 Å². The van der Waals surface area contributed by atoms with Crippen molar-refractivity contribution in [3.63, 3.8) is 0 Å². The number of aliphatic hydroxyl groups excluding tert-OH is 1. The van der Waals surface area contributed by atoms with Gasteiger partial charge in [0, 0.05) is 27.5 Å². The maximum Gasteiger partial charge on any atom is 0.127 e. The first-order chi connectivity index (χ1) is 12.0. The Morgan fingerprint density at radius 2 is 2.05 bits per heavy atom. The predicted octanol–water partition coefficient (Wildman–Crippen LogP) is 2.58. The van der Waals surface area contributed by atoms with Gasteiger partial charge in [-0.1, -0.05) is 50.1 Å². The van der Waals surface area contributed by atoms with E-state index in [0.29, 0.717) is 5.75 Å². The monoisotopic (exact) mass is 266 g/mol. The molecule has 3 heteroatoms. The van der Waals surface area contributed by atoms with Crippen molar-refractivity contribution >= 4 is 10.8 Å². The molecule has 1 atom stereocenters. The van der Waals surface area contributed by atoms with Gasteiger partial charge in [-0.05, 0) is 11.5 Å². The maximum atomic E-state index is 10.0. The predicted molar refractivity (Wildman–Crippen MR) is 78.6 cm³/mol. The lowest BCUT2D eigenvalue weighted by Crippen LogP contribution is -2.35. The summed E-state index contributed by atoms with van der Waals surface area (Å²) in [6.45, 7) is -6.77. The third-order valence-electron chi connectivity index (χ3n) is 2.70. The molecule has 2 rings (SSSR count). The standard InChI is InChI=1S/C16H21NO2/c1-12(2)17-10-14(18)11-19-16-9-5-7-13-6-3-4-8-15(13)16/h3-9,12,14,17-18H,10-11H2,1-2H3/t14-/m1/s1/i1D3,2D3,12D. The van der Waals surface area contributed by atoms with Crippen LogP contribution < -0.4 is 10.1 Å². The Morgan fingerprint density at radius 1 is 1.26 bits per heavy atom. The summed E-state index contributed by atoms with van der Waals surface area (Å²) in [7, 11) is 0. The van der Waals surface area contributed by atoms with E-state index in [-0.39, 0.29) is 6.61 Å². The van der Waals surface area contributed by atoms with Crippen LogP contribution in [0.5, 0.6) is 5.75 Å². The lowest BCUT2D eigenvalue weighted by Gasteiger charge is -2.15. The molecule has 0 aliphatic rings. The van der Waals surface area contributed by atoms with Crippen LogP contribution in [0.4, 0.5) is 0 Å². The average Bonchev–Trinajstić information content (AvgIpc) is 2.55. The number of fused-ring (bicyclic) bond motifs is 1. The summed E-state index contributed by atoms with van der Waals surface area (Å²) in [6.07, 6.45) is -1.19. The van der Waals surface area contributed by atoms with Crippen molar-refractivity contribution < 1.29 is 19.4 Å². The number of hydrogen-bond acceptors (Lipinski definition) is 3. The molecule has 0 bridgehead atoms. The van der Waals surface area contributed by atoms with Crippen LogP contribution in [0.3, 0.4) is 0 Å². The third kappa shape index (κ3) is 3.94. The molecule has 0 saturated carbocycles. The summed E-state index contributed by atoms with van der Waals surface area (Å²) in [5.41, 5.74) is 0. The molecule has 3 nitrogen and oxygen atoms in total. The molecule has 0 aliphatic heterocycles. The van der Waals surface area contributed by atoms with Crippen molar-refractivity contribution in [2.24, 2.45) is 0 Å². The highest BCUT2D eigenvalue weighted by atomic mass is 16.5. The van der Waals surface area contributed by atoms with E-state index in [1.54, 1.807) is 12.1 Å². The molecule has 0 aliphatic carbocycles. The van der Waals surface area contributed by atoms with Crippen LogP contribution in [0.2, 0.25) is 0 Å². The molecule has 0 spiro atoms. The molecule has 0 saturated heterocycles. The van der Waals surface area contributed by atoms with Gasteiger partial charge in [0.15, 0.2) is 0 Å². The highest BCUT2D eigenvalue weighted by molar-refractivity contribution is 5.88. The fourth-order valence-electron chi connectivity index (χ4n) is 1.79. The Kier molecular flexibility index (Phi) is 2.50. The highest BCUT2D eigenvalue weighted by Crippen LogP contribution is 2.25. The number of hydrogen-bond donors (Lipinski definition) is 2. The summed E-state index contributed by atoms with van der Waals surface area (Å²) in [6, 6.07) is 10.1. The maximum absolute atomic E-state index is 10.0. The third-order valence-corrected chi connectivity index (χ3v) is 2.70. The quantitative estimate of drug-likeness (QED) is 0.844. The second-order valence-electron chi connectivity index (χ2n) is 4.20. The number of nitrogens with one attached hydrogen (secondary N) is 1. The number of aliphatic hydroxyl groups is 1. The van der Waals surface area contributed by atoms with Crippen LogP contribution in [-0.2, 0) is 0 Å². The van der Waals surface area contributed by atoms with Gasteiger partial charge in [0.05, 0.1) is 0 Å². The minimum absolute atomic E-state index is 0.181. The Bertz CT molecular complexity index is 726. The zero-order chi connectivity index (χ0) is 19.6. The van der Waals surface area contributed by atoms with Crippen LogP contribution >= 0.6 is 0 Å². The summed E-state index contributed by atoms with van der Waals surface area (Å²) in [4.78, 5) is 0. The number of benzene rings is 2. The molecular formula is C16H21NO2. The van der Waals surface area contributed by atoms with E-state index >= 15 is 0 Å². The Labute approximate surface area is 124 Å². The van der Waals surface area contributed by atoms with Crippen molar-refractivity contribution in [1.82, 2.24) is 5.32 Å². The molecule has 19 heavy (non-hydrogen) atoms. The summed E-state index contributed by atoms with van der Waals surface area (Å²) in [5, 5.41) is 14.0. The largest absolute Gasteiger partial charge is 0.490 e. The van der Waals surface area contributed by atoms with E-state index in [9.17, 15) is 5.11 Å². The van der Waals surface area contributed by atoms with Crippen LogP contribution in [0.15, 0.2) is 42.5 Å². The first kappa shape index (κ1) is 7.27.